The van der Waals surface area contributed by atoms with Crippen LogP contribution in [-0.4, -0.2) is 44.7 Å². The molecule has 8 aromatic rings. The molecule has 0 saturated carbocycles. The van der Waals surface area contributed by atoms with E-state index in [2.05, 4.69) is 0 Å². The molecule has 8 rings (SSSR count). The fraction of sp³-hybridized carbons (Fsp3) is 0. The first-order chi connectivity index (χ1) is 19.1. The molecule has 4 heterocycles. The fourth-order valence-corrected chi connectivity index (χ4v) is 6.38. The second-order valence-electron chi connectivity index (χ2n) is 9.22. The maximum atomic E-state index is 12.0. The van der Waals surface area contributed by atoms with Crippen LogP contribution in [0.3, 0.4) is 0 Å². The minimum absolute atomic E-state index is 0.210. The fourth-order valence-electron chi connectivity index (χ4n) is 5.65. The number of hydrogen-bond donors (Lipinski definition) is 2. The minimum atomic E-state index is -4.97. The molecule has 0 unspecified atom stereocenters. The maximum Gasteiger partial charge on any atom is 0.447 e. The second-order valence-corrected chi connectivity index (χ2v) is 11.3. The molecule has 4 aromatic heterocycles. The summed E-state index contributed by atoms with van der Waals surface area (Å²) in [5.41, 5.74) is 2.86. The van der Waals surface area contributed by atoms with Gasteiger partial charge in [0, 0.05) is 32.3 Å². The summed E-state index contributed by atoms with van der Waals surface area (Å²) >= 11 is 0. The molecule has 0 amide bonds. The first-order valence-electron chi connectivity index (χ1n) is 11.7. The predicted octanol–water partition coefficient (Wildman–Crippen LogP) is 4.55. The molecule has 0 fully saturated rings. The van der Waals surface area contributed by atoms with E-state index in [-0.39, 0.29) is 11.8 Å². The molecule has 14 heteroatoms. The molecule has 12 nitrogen and oxygen atoms in total. The second kappa shape index (κ2) is 7.45. The molecular formula is C26H14N4O8S2. The van der Waals surface area contributed by atoms with E-state index in [0.717, 1.165) is 0 Å². The Morgan fingerprint density at radius 3 is 1.32 bits per heavy atom. The molecule has 0 saturated heterocycles. The van der Waals surface area contributed by atoms with Crippen molar-refractivity contribution >= 4 is 86.5 Å². The lowest BCUT2D eigenvalue weighted by atomic mass is 9.96. The Balaban J connectivity index is 1.68. The molecule has 2 N–H and O–H groups in total. The summed E-state index contributed by atoms with van der Waals surface area (Å²) in [6.45, 7) is 0. The molecule has 0 bridgehead atoms. The third-order valence-corrected chi connectivity index (χ3v) is 7.74. The third kappa shape index (κ3) is 3.12. The van der Waals surface area contributed by atoms with E-state index < -0.39 is 20.8 Å². The zero-order valence-corrected chi connectivity index (χ0v) is 21.5. The van der Waals surface area contributed by atoms with Gasteiger partial charge in [-0.25, -0.2) is 9.97 Å². The Morgan fingerprint density at radius 2 is 0.925 bits per heavy atom. The van der Waals surface area contributed by atoms with E-state index in [4.69, 9.17) is 18.3 Å². The van der Waals surface area contributed by atoms with Gasteiger partial charge in [-0.3, -0.25) is 17.9 Å². The quantitative estimate of drug-likeness (QED) is 0.225. The number of rotatable bonds is 4. The van der Waals surface area contributed by atoms with Crippen LogP contribution in [0.25, 0.3) is 65.7 Å². The zero-order chi connectivity index (χ0) is 27.6. The van der Waals surface area contributed by atoms with Crippen LogP contribution < -0.4 is 8.37 Å². The molecular weight excluding hydrogens is 560 g/mol. The van der Waals surface area contributed by atoms with Crippen LogP contribution in [0.2, 0.25) is 0 Å². The largest absolute Gasteiger partial charge is 0.447 e. The van der Waals surface area contributed by atoms with Crippen molar-refractivity contribution in [2.45, 2.75) is 0 Å². The molecule has 4 aromatic carbocycles. The highest BCUT2D eigenvalue weighted by molar-refractivity contribution is 7.81. The highest BCUT2D eigenvalue weighted by Crippen LogP contribution is 2.46. The number of aromatic nitrogens is 4. The van der Waals surface area contributed by atoms with Gasteiger partial charge in [0.2, 0.25) is 11.8 Å². The first kappa shape index (κ1) is 23.2. The van der Waals surface area contributed by atoms with E-state index in [1.807, 2.05) is 0 Å². The Bertz CT molecular complexity index is 2430. The molecule has 0 aliphatic rings. The average Bonchev–Trinajstić information content (AvgIpc) is 3.47. The molecule has 40 heavy (non-hydrogen) atoms. The summed E-state index contributed by atoms with van der Waals surface area (Å²) in [5.74, 6) is -0.419. The third-order valence-electron chi connectivity index (χ3n) is 7.00. The van der Waals surface area contributed by atoms with Gasteiger partial charge < -0.3 is 8.37 Å². The monoisotopic (exact) mass is 574 g/mol. The Morgan fingerprint density at radius 1 is 0.550 bits per heavy atom. The van der Waals surface area contributed by atoms with Crippen molar-refractivity contribution in [3.63, 3.8) is 0 Å². The summed E-state index contributed by atoms with van der Waals surface area (Å²) in [7, 11) is -9.94. The summed E-state index contributed by atoms with van der Waals surface area (Å²) in [6.07, 6.45) is 0. The van der Waals surface area contributed by atoms with Crippen molar-refractivity contribution in [2.75, 3.05) is 0 Å². The van der Waals surface area contributed by atoms with Crippen molar-refractivity contribution in [1.82, 2.24) is 18.8 Å². The minimum Gasteiger partial charge on any atom is -0.342 e. The molecule has 198 valence electrons. The van der Waals surface area contributed by atoms with Gasteiger partial charge in [0.1, 0.15) is 11.3 Å². The van der Waals surface area contributed by atoms with Crippen molar-refractivity contribution in [3.8, 4) is 11.8 Å². The maximum absolute atomic E-state index is 12.0. The molecule has 0 spiro atoms. The molecule has 0 atom stereocenters. The van der Waals surface area contributed by atoms with Crippen molar-refractivity contribution in [3.05, 3.63) is 72.8 Å². The van der Waals surface area contributed by atoms with Gasteiger partial charge in [-0.2, -0.15) is 16.8 Å². The highest BCUT2D eigenvalue weighted by Gasteiger charge is 2.27. The summed E-state index contributed by atoms with van der Waals surface area (Å²) in [6, 6.07) is 20.7. The number of benzene rings is 4. The Kier molecular flexibility index (Phi) is 4.32. The molecule has 0 aliphatic carbocycles. The van der Waals surface area contributed by atoms with Gasteiger partial charge in [0.15, 0.2) is 0 Å². The number of fused-ring (bicyclic) bond motifs is 8. The van der Waals surface area contributed by atoms with Crippen LogP contribution in [0.1, 0.15) is 0 Å². The van der Waals surface area contributed by atoms with Crippen molar-refractivity contribution in [2.24, 2.45) is 0 Å². The Labute approximate surface area is 223 Å². The van der Waals surface area contributed by atoms with Crippen LogP contribution in [-0.2, 0) is 20.8 Å². The normalized spacial score (nSPS) is 13.2. The van der Waals surface area contributed by atoms with Crippen molar-refractivity contribution in [1.29, 1.82) is 0 Å². The number of hydrogen-bond acceptors (Lipinski definition) is 8. The van der Waals surface area contributed by atoms with Crippen LogP contribution in [0, 0.1) is 0 Å². The lowest BCUT2D eigenvalue weighted by molar-refractivity contribution is 0.379. The van der Waals surface area contributed by atoms with Gasteiger partial charge >= 0.3 is 20.8 Å². The van der Waals surface area contributed by atoms with Gasteiger partial charge in [-0.15, -0.1) is 0 Å². The van der Waals surface area contributed by atoms with Gasteiger partial charge in [-0.05, 0) is 48.5 Å². The van der Waals surface area contributed by atoms with E-state index in [0.29, 0.717) is 65.7 Å². The summed E-state index contributed by atoms with van der Waals surface area (Å²) < 4.78 is 80.8. The van der Waals surface area contributed by atoms with Gasteiger partial charge in [0.25, 0.3) is 0 Å². The molecule has 0 aliphatic heterocycles. The topological polar surface area (TPSA) is 162 Å². The van der Waals surface area contributed by atoms with Crippen LogP contribution in [0.4, 0.5) is 0 Å². The SMILES string of the molecule is O=S(=O)(O)Oc1c2ccc3c4c(ccc(c24)c2nc4ccccc4n12)c(OS(=O)(=O)O)n1c2ccccc2nc31. The zero-order valence-electron chi connectivity index (χ0n) is 19.9. The number of imidazole rings is 2. The van der Waals surface area contributed by atoms with Gasteiger partial charge in [0.05, 0.1) is 22.1 Å². The van der Waals surface area contributed by atoms with E-state index >= 15 is 0 Å². The Hall–Kier alpha value is -4.76. The molecule has 0 radical (unpaired) electrons. The lowest BCUT2D eigenvalue weighted by Gasteiger charge is -2.18. The highest BCUT2D eigenvalue weighted by atomic mass is 32.3. The van der Waals surface area contributed by atoms with Crippen LogP contribution in [0.15, 0.2) is 72.8 Å². The van der Waals surface area contributed by atoms with Gasteiger partial charge in [-0.1, -0.05) is 24.3 Å². The predicted molar refractivity (Wildman–Crippen MR) is 147 cm³/mol. The smallest absolute Gasteiger partial charge is 0.342 e. The first-order valence-corrected chi connectivity index (χ1v) is 14.5. The van der Waals surface area contributed by atoms with Crippen molar-refractivity contribution < 1.29 is 34.3 Å². The van der Waals surface area contributed by atoms with E-state index in [9.17, 15) is 25.9 Å². The standard InChI is InChI=1S/C26H14N4O8S2/c31-39(32,33)37-25-15-12-10-14-22-16(11-9-13(21(15)22)23-27-17-5-1-3-7-19(17)29(23)25)26(38-40(34,35)36)30-20-8-4-2-6-18(20)28-24(14)30/h1-12H,(H,31,32,33)(H,34,35,36). The number of pyridine rings is 2. The number of nitrogens with zero attached hydrogens (tertiary/aromatic N) is 4. The lowest BCUT2D eigenvalue weighted by Crippen LogP contribution is -2.11. The number of para-hydroxylation sites is 4. The average molecular weight is 575 g/mol. The van der Waals surface area contributed by atoms with E-state index in [1.165, 1.54) is 8.80 Å². The van der Waals surface area contributed by atoms with E-state index in [1.54, 1.807) is 72.8 Å². The summed E-state index contributed by atoms with van der Waals surface area (Å²) in [5, 5.41) is 2.69. The van der Waals surface area contributed by atoms with Crippen LogP contribution >= 0.6 is 0 Å². The van der Waals surface area contributed by atoms with Crippen LogP contribution in [0.5, 0.6) is 11.8 Å². The summed E-state index contributed by atoms with van der Waals surface area (Å²) in [4.78, 5) is 9.42.